The zero-order valence-electron chi connectivity index (χ0n) is 18.1. The molecule has 0 saturated carbocycles. The molecule has 0 fully saturated rings. The second-order valence-corrected chi connectivity index (χ2v) is 8.60. The molecule has 31 heavy (non-hydrogen) atoms. The van der Waals surface area contributed by atoms with Gasteiger partial charge in [0.05, 0.1) is 5.69 Å². The second kappa shape index (κ2) is 9.37. The summed E-state index contributed by atoms with van der Waals surface area (Å²) in [6.07, 6.45) is 1.30. The number of hydrogen-bond acceptors (Lipinski definition) is 4. The van der Waals surface area contributed by atoms with Crippen LogP contribution in [0.2, 0.25) is 0 Å². The first-order valence-electron chi connectivity index (χ1n) is 10.4. The summed E-state index contributed by atoms with van der Waals surface area (Å²) in [5.41, 5.74) is 2.40. The van der Waals surface area contributed by atoms with Crippen LogP contribution >= 0.6 is 0 Å². The molecule has 1 aliphatic heterocycles. The monoisotopic (exact) mass is 429 g/mol. The number of rotatable bonds is 6. The molecule has 1 heterocycles. The number of ether oxygens (including phenoxy) is 2. The Morgan fingerprint density at radius 2 is 1.94 bits per heavy atom. The van der Waals surface area contributed by atoms with Crippen molar-refractivity contribution in [2.75, 3.05) is 11.4 Å². The number of halogens is 1. The molecule has 1 N–H and O–H groups in total. The van der Waals surface area contributed by atoms with Crippen LogP contribution in [-0.4, -0.2) is 29.3 Å². The third-order valence-electron chi connectivity index (χ3n) is 4.94. The summed E-state index contributed by atoms with van der Waals surface area (Å²) in [4.78, 5) is 25.1. The van der Waals surface area contributed by atoms with E-state index in [0.717, 1.165) is 29.7 Å². The Labute approximate surface area is 181 Å². The molecule has 0 aliphatic carbocycles. The molecule has 0 saturated heterocycles. The predicted octanol–water partition coefficient (Wildman–Crippen LogP) is 5.11. The molecular weight excluding hydrogens is 401 g/mol. The van der Waals surface area contributed by atoms with Crippen LogP contribution in [0.3, 0.4) is 0 Å². The summed E-state index contributed by atoms with van der Waals surface area (Å²) < 4.78 is 25.7. The lowest BCUT2D eigenvalue weighted by Crippen LogP contribution is -2.40. The lowest BCUT2D eigenvalue weighted by molar-refractivity contribution is -0.136. The van der Waals surface area contributed by atoms with Crippen LogP contribution in [0.5, 0.6) is 5.75 Å². The fraction of sp³-hybridized carbons (Fsp3) is 0.417. The first-order valence-corrected chi connectivity index (χ1v) is 10.4. The highest BCUT2D eigenvalue weighted by molar-refractivity contribution is 5.90. The van der Waals surface area contributed by atoms with Gasteiger partial charge < -0.3 is 14.6 Å². The molecular formula is C24H28FNO5. The molecule has 6 nitrogen and oxygen atoms in total. The molecule has 0 bridgehead atoms. The van der Waals surface area contributed by atoms with Gasteiger partial charge in [-0.1, -0.05) is 24.3 Å². The third-order valence-corrected chi connectivity index (χ3v) is 4.94. The van der Waals surface area contributed by atoms with Gasteiger partial charge in [0.2, 0.25) is 0 Å². The number of anilines is 1. The first kappa shape index (κ1) is 22.6. The Bertz CT molecular complexity index is 967. The molecule has 7 heteroatoms. The predicted molar refractivity (Wildman–Crippen MR) is 115 cm³/mol. The van der Waals surface area contributed by atoms with Gasteiger partial charge in [-0.3, -0.25) is 9.69 Å². The number of benzene rings is 2. The Morgan fingerprint density at radius 1 is 1.16 bits per heavy atom. The van der Waals surface area contributed by atoms with E-state index in [1.54, 1.807) is 17.0 Å². The van der Waals surface area contributed by atoms with Crippen molar-refractivity contribution in [1.82, 2.24) is 0 Å². The normalized spacial score (nSPS) is 13.5. The van der Waals surface area contributed by atoms with Crippen LogP contribution < -0.4 is 9.64 Å². The van der Waals surface area contributed by atoms with Crippen molar-refractivity contribution >= 4 is 17.7 Å². The van der Waals surface area contributed by atoms with Gasteiger partial charge >= 0.3 is 12.1 Å². The van der Waals surface area contributed by atoms with E-state index in [0.29, 0.717) is 17.9 Å². The molecule has 2 aromatic carbocycles. The fourth-order valence-electron chi connectivity index (χ4n) is 3.57. The Kier molecular flexibility index (Phi) is 6.83. The number of hydrogen-bond donors (Lipinski definition) is 1. The number of nitrogens with zero attached hydrogens (tertiary/aromatic N) is 1. The Hall–Kier alpha value is -3.09. The molecule has 0 radical (unpaired) electrons. The maximum absolute atomic E-state index is 14.3. The number of aliphatic carboxylic acids is 1. The van der Waals surface area contributed by atoms with E-state index >= 15 is 0 Å². The molecule has 3 rings (SSSR count). The number of aryl methyl sites for hydroxylation is 2. The van der Waals surface area contributed by atoms with Crippen molar-refractivity contribution < 1.29 is 28.6 Å². The van der Waals surface area contributed by atoms with Crippen LogP contribution in [0, 0.1) is 5.82 Å². The molecule has 0 spiro atoms. The van der Waals surface area contributed by atoms with Crippen molar-refractivity contribution in [3.8, 4) is 5.75 Å². The fourth-order valence-corrected chi connectivity index (χ4v) is 3.57. The Balaban J connectivity index is 1.77. The van der Waals surface area contributed by atoms with Gasteiger partial charge in [0, 0.05) is 24.6 Å². The summed E-state index contributed by atoms with van der Waals surface area (Å²) in [5, 5.41) is 8.77. The third kappa shape index (κ3) is 5.96. The van der Waals surface area contributed by atoms with Gasteiger partial charge in [0.25, 0.3) is 0 Å². The van der Waals surface area contributed by atoms with Crippen LogP contribution in [-0.2, 0) is 29.0 Å². The summed E-state index contributed by atoms with van der Waals surface area (Å²) >= 11 is 0. The summed E-state index contributed by atoms with van der Waals surface area (Å²) in [7, 11) is 0. The summed E-state index contributed by atoms with van der Waals surface area (Å²) in [5.74, 6) is -1.12. The topological polar surface area (TPSA) is 76.1 Å². The minimum atomic E-state index is -0.969. The molecule has 0 aromatic heterocycles. The number of para-hydroxylation sites is 1. The number of carboxylic acids is 1. The van der Waals surface area contributed by atoms with Gasteiger partial charge in [-0.25, -0.2) is 9.18 Å². The van der Waals surface area contributed by atoms with Crippen LogP contribution in [0.15, 0.2) is 36.4 Å². The standard InChI is InChI=1S/C24H28FNO5/c1-24(2,3)31-23(29)26-13-5-8-17-6-4-7-18(22(17)26)15-30-19-11-9-16(20(25)14-19)10-12-21(27)28/h4,6-7,9,11,14H,5,8,10,12-13,15H2,1-3H3,(H,27,28). The van der Waals surface area contributed by atoms with Gasteiger partial charge in [-0.2, -0.15) is 0 Å². The maximum Gasteiger partial charge on any atom is 0.414 e. The van der Waals surface area contributed by atoms with E-state index in [1.807, 2.05) is 39.0 Å². The molecule has 0 atom stereocenters. The van der Waals surface area contributed by atoms with Crippen LogP contribution in [0.1, 0.15) is 50.3 Å². The Morgan fingerprint density at radius 3 is 2.61 bits per heavy atom. The van der Waals surface area contributed by atoms with Gasteiger partial charge in [-0.15, -0.1) is 0 Å². The summed E-state index contributed by atoms with van der Waals surface area (Å²) in [6, 6.07) is 10.2. The van der Waals surface area contributed by atoms with E-state index in [-0.39, 0.29) is 19.4 Å². The highest BCUT2D eigenvalue weighted by Gasteiger charge is 2.29. The maximum atomic E-state index is 14.3. The minimum Gasteiger partial charge on any atom is -0.489 e. The number of carbonyl (C=O) groups is 2. The second-order valence-electron chi connectivity index (χ2n) is 8.60. The average Bonchev–Trinajstić information content (AvgIpc) is 2.69. The van der Waals surface area contributed by atoms with Crippen molar-refractivity contribution in [2.24, 2.45) is 0 Å². The zero-order chi connectivity index (χ0) is 22.6. The smallest absolute Gasteiger partial charge is 0.414 e. The van der Waals surface area contributed by atoms with E-state index in [1.165, 1.54) is 6.07 Å². The minimum absolute atomic E-state index is 0.124. The zero-order valence-corrected chi connectivity index (χ0v) is 18.1. The molecule has 2 aromatic rings. The lowest BCUT2D eigenvalue weighted by Gasteiger charge is -2.33. The number of fused-ring (bicyclic) bond motifs is 1. The van der Waals surface area contributed by atoms with Crippen molar-refractivity contribution in [3.63, 3.8) is 0 Å². The van der Waals surface area contributed by atoms with Gasteiger partial charge in [-0.05, 0) is 57.2 Å². The summed E-state index contributed by atoms with van der Waals surface area (Å²) in [6.45, 7) is 6.22. The molecule has 166 valence electrons. The molecule has 0 unspecified atom stereocenters. The number of carbonyl (C=O) groups excluding carboxylic acids is 1. The van der Waals surface area contributed by atoms with Crippen LogP contribution in [0.25, 0.3) is 0 Å². The van der Waals surface area contributed by atoms with Crippen molar-refractivity contribution in [2.45, 2.75) is 58.7 Å². The van der Waals surface area contributed by atoms with Crippen LogP contribution in [0.4, 0.5) is 14.9 Å². The molecule has 1 aliphatic rings. The van der Waals surface area contributed by atoms with Crippen molar-refractivity contribution in [1.29, 1.82) is 0 Å². The largest absolute Gasteiger partial charge is 0.489 e. The molecule has 1 amide bonds. The SMILES string of the molecule is CC(C)(C)OC(=O)N1CCCc2cccc(COc3ccc(CCC(=O)O)c(F)c3)c21. The van der Waals surface area contributed by atoms with Gasteiger partial charge in [0.1, 0.15) is 23.8 Å². The van der Waals surface area contributed by atoms with E-state index in [9.17, 15) is 14.0 Å². The van der Waals surface area contributed by atoms with E-state index in [2.05, 4.69) is 0 Å². The highest BCUT2D eigenvalue weighted by atomic mass is 19.1. The van der Waals surface area contributed by atoms with Gasteiger partial charge in [0.15, 0.2) is 0 Å². The lowest BCUT2D eigenvalue weighted by atomic mass is 9.98. The van der Waals surface area contributed by atoms with E-state index < -0.39 is 23.5 Å². The number of carboxylic acid groups (broad SMARTS) is 1. The van der Waals surface area contributed by atoms with E-state index in [4.69, 9.17) is 14.6 Å². The quantitative estimate of drug-likeness (QED) is 0.691. The number of amides is 1. The average molecular weight is 429 g/mol. The highest BCUT2D eigenvalue weighted by Crippen LogP contribution is 2.33. The van der Waals surface area contributed by atoms with Crippen molar-refractivity contribution in [3.05, 3.63) is 58.9 Å². The first-order chi connectivity index (χ1) is 14.6.